The number of likely N-dealkylation sites (tertiary alicyclic amines) is 1. The van der Waals surface area contributed by atoms with Gasteiger partial charge in [-0.2, -0.15) is 0 Å². The van der Waals surface area contributed by atoms with Crippen molar-refractivity contribution in [1.29, 1.82) is 0 Å². The molecule has 0 bridgehead atoms. The van der Waals surface area contributed by atoms with Crippen molar-refractivity contribution in [2.24, 2.45) is 0 Å². The molecule has 0 aromatic heterocycles. The van der Waals surface area contributed by atoms with Crippen LogP contribution in [0.2, 0.25) is 0 Å². The maximum absolute atomic E-state index is 12.5. The topological polar surface area (TPSA) is 72.6 Å². The Hall–Kier alpha value is -2.04. The summed E-state index contributed by atoms with van der Waals surface area (Å²) in [5, 5.41) is 0. The number of hydrogen-bond acceptors (Lipinski definition) is 4. The van der Waals surface area contributed by atoms with Gasteiger partial charge in [-0.1, -0.05) is 0 Å². The van der Waals surface area contributed by atoms with Crippen molar-refractivity contribution in [3.8, 4) is 0 Å². The average molecular weight is 262 g/mol. The molecule has 19 heavy (non-hydrogen) atoms. The molecule has 1 saturated heterocycles. The molecular weight excluding hydrogens is 244 g/mol. The number of carbonyl (C=O) groups excluding carboxylic acids is 2. The van der Waals surface area contributed by atoms with Crippen LogP contribution in [0.25, 0.3) is 0 Å². The summed E-state index contributed by atoms with van der Waals surface area (Å²) in [5.74, 6) is -0.482. The Morgan fingerprint density at radius 2 is 2.16 bits per heavy atom. The molecule has 1 aromatic rings. The van der Waals surface area contributed by atoms with Gasteiger partial charge in [0.05, 0.1) is 7.11 Å². The highest BCUT2D eigenvalue weighted by molar-refractivity contribution is 5.98. The monoisotopic (exact) mass is 262 g/mol. The predicted octanol–water partition coefficient (Wildman–Crippen LogP) is 1.35. The fraction of sp³-hybridized carbons (Fsp3) is 0.429. The third kappa shape index (κ3) is 2.54. The standard InChI is InChI=1S/C14H18N2O3/c1-9-8-10(15)5-6-11(9)13(17)16-7-3-4-12(16)14(18)19-2/h5-6,8,12H,3-4,7,15H2,1-2H3. The summed E-state index contributed by atoms with van der Waals surface area (Å²) >= 11 is 0. The molecule has 1 aromatic carbocycles. The summed E-state index contributed by atoms with van der Waals surface area (Å²) in [4.78, 5) is 25.7. The largest absolute Gasteiger partial charge is 0.467 e. The first kappa shape index (κ1) is 13.4. The van der Waals surface area contributed by atoms with Gasteiger partial charge >= 0.3 is 5.97 Å². The lowest BCUT2D eigenvalue weighted by atomic mass is 10.1. The van der Waals surface area contributed by atoms with E-state index in [-0.39, 0.29) is 11.9 Å². The van der Waals surface area contributed by atoms with E-state index in [2.05, 4.69) is 0 Å². The zero-order chi connectivity index (χ0) is 14.0. The van der Waals surface area contributed by atoms with Gasteiger partial charge in [0.15, 0.2) is 0 Å². The van der Waals surface area contributed by atoms with Crippen LogP contribution in [-0.4, -0.2) is 36.5 Å². The highest BCUT2D eigenvalue weighted by Gasteiger charge is 2.35. The lowest BCUT2D eigenvalue weighted by Crippen LogP contribution is -2.41. The molecule has 1 aliphatic rings. The number of nitrogens with two attached hydrogens (primary N) is 1. The minimum atomic E-state index is -0.463. The Morgan fingerprint density at radius 1 is 1.42 bits per heavy atom. The Morgan fingerprint density at radius 3 is 2.79 bits per heavy atom. The van der Waals surface area contributed by atoms with Crippen molar-refractivity contribution in [2.45, 2.75) is 25.8 Å². The van der Waals surface area contributed by atoms with E-state index in [4.69, 9.17) is 10.5 Å². The smallest absolute Gasteiger partial charge is 0.328 e. The number of esters is 1. The van der Waals surface area contributed by atoms with Gasteiger partial charge in [-0.25, -0.2) is 4.79 Å². The summed E-state index contributed by atoms with van der Waals surface area (Å²) in [6.45, 7) is 2.43. The Bertz CT molecular complexity index is 513. The minimum Gasteiger partial charge on any atom is -0.467 e. The van der Waals surface area contributed by atoms with Crippen LogP contribution in [-0.2, 0) is 9.53 Å². The van der Waals surface area contributed by atoms with Crippen molar-refractivity contribution >= 4 is 17.6 Å². The van der Waals surface area contributed by atoms with Gasteiger partial charge in [0.1, 0.15) is 6.04 Å². The van der Waals surface area contributed by atoms with Crippen LogP contribution in [0, 0.1) is 6.92 Å². The number of nitrogens with zero attached hydrogens (tertiary/aromatic N) is 1. The van der Waals surface area contributed by atoms with Crippen LogP contribution in [0.4, 0.5) is 5.69 Å². The number of nitrogen functional groups attached to an aromatic ring is 1. The Kier molecular flexibility index (Phi) is 3.74. The Balaban J connectivity index is 2.25. The molecule has 1 unspecified atom stereocenters. The summed E-state index contributed by atoms with van der Waals surface area (Å²) in [6, 6.07) is 4.70. The second-order valence-electron chi connectivity index (χ2n) is 4.75. The predicted molar refractivity (Wildman–Crippen MR) is 71.7 cm³/mol. The first-order valence-corrected chi connectivity index (χ1v) is 6.29. The maximum Gasteiger partial charge on any atom is 0.328 e. The molecule has 0 saturated carbocycles. The van der Waals surface area contributed by atoms with Crippen molar-refractivity contribution < 1.29 is 14.3 Å². The summed E-state index contributed by atoms with van der Waals surface area (Å²) in [6.07, 6.45) is 1.48. The molecule has 0 radical (unpaired) electrons. The van der Waals surface area contributed by atoms with E-state index < -0.39 is 6.04 Å². The number of benzene rings is 1. The molecule has 1 amide bonds. The van der Waals surface area contributed by atoms with Gasteiger partial charge in [-0.15, -0.1) is 0 Å². The molecule has 5 heteroatoms. The number of methoxy groups -OCH3 is 1. The number of rotatable bonds is 2. The van der Waals surface area contributed by atoms with Gasteiger partial charge in [0, 0.05) is 17.8 Å². The quantitative estimate of drug-likeness (QED) is 0.645. The van der Waals surface area contributed by atoms with Crippen LogP contribution in [0.1, 0.15) is 28.8 Å². The second kappa shape index (κ2) is 5.30. The molecule has 1 aliphatic heterocycles. The zero-order valence-electron chi connectivity index (χ0n) is 11.2. The van der Waals surface area contributed by atoms with Crippen molar-refractivity contribution in [2.75, 3.05) is 19.4 Å². The summed E-state index contributed by atoms with van der Waals surface area (Å²) < 4.78 is 4.75. The van der Waals surface area contributed by atoms with E-state index in [9.17, 15) is 9.59 Å². The van der Waals surface area contributed by atoms with Crippen LogP contribution in [0.15, 0.2) is 18.2 Å². The summed E-state index contributed by atoms with van der Waals surface area (Å²) in [7, 11) is 1.35. The third-order valence-electron chi connectivity index (χ3n) is 3.47. The number of amides is 1. The highest BCUT2D eigenvalue weighted by atomic mass is 16.5. The van der Waals surface area contributed by atoms with Gasteiger partial charge in [0.25, 0.3) is 5.91 Å². The van der Waals surface area contributed by atoms with Gasteiger partial charge in [-0.3, -0.25) is 4.79 Å². The van der Waals surface area contributed by atoms with Gasteiger partial charge < -0.3 is 15.4 Å². The van der Waals surface area contributed by atoms with Crippen molar-refractivity contribution in [3.63, 3.8) is 0 Å². The van der Waals surface area contributed by atoms with E-state index in [1.807, 2.05) is 6.92 Å². The number of anilines is 1. The fourth-order valence-corrected chi connectivity index (χ4v) is 2.47. The first-order chi connectivity index (χ1) is 9.04. The molecule has 1 heterocycles. The fourth-order valence-electron chi connectivity index (χ4n) is 2.47. The van der Waals surface area contributed by atoms with E-state index in [1.54, 1.807) is 23.1 Å². The molecule has 2 N–H and O–H groups in total. The van der Waals surface area contributed by atoms with Gasteiger partial charge in [0.2, 0.25) is 0 Å². The Labute approximate surface area is 112 Å². The van der Waals surface area contributed by atoms with Crippen LogP contribution in [0.3, 0.4) is 0 Å². The number of hydrogen-bond donors (Lipinski definition) is 1. The molecule has 0 spiro atoms. The normalized spacial score (nSPS) is 18.4. The van der Waals surface area contributed by atoms with Crippen LogP contribution >= 0.6 is 0 Å². The molecule has 102 valence electrons. The molecular formula is C14H18N2O3. The van der Waals surface area contributed by atoms with Crippen LogP contribution in [0.5, 0.6) is 0 Å². The molecule has 2 rings (SSSR count). The zero-order valence-corrected chi connectivity index (χ0v) is 11.2. The SMILES string of the molecule is COC(=O)C1CCCN1C(=O)c1ccc(N)cc1C. The molecule has 0 aliphatic carbocycles. The highest BCUT2D eigenvalue weighted by Crippen LogP contribution is 2.23. The first-order valence-electron chi connectivity index (χ1n) is 6.29. The lowest BCUT2D eigenvalue weighted by Gasteiger charge is -2.23. The number of aryl methyl sites for hydroxylation is 1. The second-order valence-corrected chi connectivity index (χ2v) is 4.75. The van der Waals surface area contributed by atoms with Gasteiger partial charge in [-0.05, 0) is 43.5 Å². The van der Waals surface area contributed by atoms with Crippen LogP contribution < -0.4 is 5.73 Å². The van der Waals surface area contributed by atoms with Crippen molar-refractivity contribution in [1.82, 2.24) is 4.90 Å². The van der Waals surface area contributed by atoms with E-state index in [0.29, 0.717) is 24.2 Å². The minimum absolute atomic E-state index is 0.134. The maximum atomic E-state index is 12.5. The molecule has 5 nitrogen and oxygen atoms in total. The van der Waals surface area contributed by atoms with E-state index >= 15 is 0 Å². The van der Waals surface area contributed by atoms with E-state index in [0.717, 1.165) is 12.0 Å². The average Bonchev–Trinajstić information content (AvgIpc) is 2.86. The lowest BCUT2D eigenvalue weighted by molar-refractivity contribution is -0.145. The number of ether oxygens (including phenoxy) is 1. The molecule has 1 atom stereocenters. The summed E-state index contributed by atoms with van der Waals surface area (Å²) in [5.41, 5.74) is 7.71. The third-order valence-corrected chi connectivity index (χ3v) is 3.47. The molecule has 1 fully saturated rings. The van der Waals surface area contributed by atoms with Crippen molar-refractivity contribution in [3.05, 3.63) is 29.3 Å². The van der Waals surface area contributed by atoms with E-state index in [1.165, 1.54) is 7.11 Å². The number of carbonyl (C=O) groups is 2.